The monoisotopic (exact) mass is 440 g/mol. The minimum absolute atomic E-state index is 0.0961. The number of halogens is 2. The van der Waals surface area contributed by atoms with Crippen molar-refractivity contribution in [1.82, 2.24) is 9.38 Å². The molecular formula is C22H14Cl2N2O2S. The van der Waals surface area contributed by atoms with Gasteiger partial charge >= 0.3 is 0 Å². The van der Waals surface area contributed by atoms with Gasteiger partial charge in [0.05, 0.1) is 11.0 Å². The van der Waals surface area contributed by atoms with E-state index in [1.54, 1.807) is 28.7 Å². The van der Waals surface area contributed by atoms with E-state index in [-0.39, 0.29) is 5.56 Å². The van der Waals surface area contributed by atoms with E-state index in [1.807, 2.05) is 32.0 Å². The van der Waals surface area contributed by atoms with Crippen LogP contribution in [0.2, 0.25) is 10.0 Å². The molecule has 0 aliphatic rings. The zero-order valence-electron chi connectivity index (χ0n) is 15.5. The quantitative estimate of drug-likeness (QED) is 0.356. The van der Waals surface area contributed by atoms with Gasteiger partial charge in [0.2, 0.25) is 0 Å². The summed E-state index contributed by atoms with van der Waals surface area (Å²) in [7, 11) is 0. The molecule has 0 aliphatic heterocycles. The first-order valence-electron chi connectivity index (χ1n) is 8.89. The lowest BCUT2D eigenvalue weighted by molar-refractivity contribution is 0.571. The van der Waals surface area contributed by atoms with Gasteiger partial charge in [-0.25, -0.2) is 9.38 Å². The largest absolute Gasteiger partial charge is 0.457 e. The number of hydrogen-bond donors (Lipinski definition) is 0. The van der Waals surface area contributed by atoms with Gasteiger partial charge in [-0.05, 0) is 61.4 Å². The highest BCUT2D eigenvalue weighted by Crippen LogP contribution is 2.29. The van der Waals surface area contributed by atoms with Crippen molar-refractivity contribution >= 4 is 56.6 Å². The third-order valence-corrected chi connectivity index (χ3v) is 6.13. The van der Waals surface area contributed by atoms with Crippen molar-refractivity contribution in [2.75, 3.05) is 0 Å². The van der Waals surface area contributed by atoms with Crippen molar-refractivity contribution in [3.05, 3.63) is 84.3 Å². The van der Waals surface area contributed by atoms with E-state index >= 15 is 0 Å². The lowest BCUT2D eigenvalue weighted by Crippen LogP contribution is -2.22. The molecule has 0 saturated heterocycles. The van der Waals surface area contributed by atoms with Crippen LogP contribution in [0.15, 0.2) is 51.7 Å². The lowest BCUT2D eigenvalue weighted by atomic mass is 10.1. The van der Waals surface area contributed by atoms with Crippen LogP contribution in [0, 0.1) is 13.8 Å². The topological polar surface area (TPSA) is 47.5 Å². The fraction of sp³-hybridized carbons (Fsp3) is 0.0909. The second-order valence-electron chi connectivity index (χ2n) is 6.96. The maximum atomic E-state index is 13.0. The van der Waals surface area contributed by atoms with Crippen LogP contribution in [0.1, 0.15) is 16.9 Å². The molecule has 0 unspecified atom stereocenters. The molecule has 2 aromatic carbocycles. The molecule has 4 nitrogen and oxygen atoms in total. The number of aryl methyl sites for hydroxylation is 2. The van der Waals surface area contributed by atoms with Gasteiger partial charge in [0.1, 0.15) is 16.1 Å². The predicted octanol–water partition coefficient (Wildman–Crippen LogP) is 5.64. The Morgan fingerprint density at radius 2 is 1.83 bits per heavy atom. The van der Waals surface area contributed by atoms with E-state index in [2.05, 4.69) is 11.1 Å². The molecule has 0 N–H and O–H groups in total. The molecule has 0 aliphatic carbocycles. The van der Waals surface area contributed by atoms with E-state index in [0.29, 0.717) is 31.1 Å². The first-order valence-corrected chi connectivity index (χ1v) is 10.5. The van der Waals surface area contributed by atoms with Crippen molar-refractivity contribution in [3.8, 4) is 11.3 Å². The van der Waals surface area contributed by atoms with Crippen molar-refractivity contribution in [2.24, 2.45) is 0 Å². The Hall–Kier alpha value is -2.60. The summed E-state index contributed by atoms with van der Waals surface area (Å²) in [6, 6.07) is 13.0. The van der Waals surface area contributed by atoms with E-state index < -0.39 is 0 Å². The first-order chi connectivity index (χ1) is 13.9. The van der Waals surface area contributed by atoms with Crippen molar-refractivity contribution in [3.63, 3.8) is 0 Å². The van der Waals surface area contributed by atoms with E-state index in [4.69, 9.17) is 27.6 Å². The number of rotatable bonds is 2. The van der Waals surface area contributed by atoms with Gasteiger partial charge in [-0.3, -0.25) is 4.79 Å². The smallest absolute Gasteiger partial charge is 0.275 e. The molecule has 0 fully saturated rings. The molecule has 3 heterocycles. The molecule has 7 heteroatoms. The number of fused-ring (bicyclic) bond motifs is 3. The fourth-order valence-corrected chi connectivity index (χ4v) is 5.01. The van der Waals surface area contributed by atoms with Crippen LogP contribution in [0.3, 0.4) is 0 Å². The summed E-state index contributed by atoms with van der Waals surface area (Å²) in [5, 5.41) is 1.07. The third kappa shape index (κ3) is 3.15. The Labute approximate surface area is 179 Å². The van der Waals surface area contributed by atoms with Crippen molar-refractivity contribution in [2.45, 2.75) is 13.8 Å². The zero-order valence-corrected chi connectivity index (χ0v) is 17.8. The molecule has 3 aromatic heterocycles. The minimum Gasteiger partial charge on any atom is -0.457 e. The number of hydrogen-bond acceptors (Lipinski definition) is 4. The second kappa shape index (κ2) is 6.73. The highest BCUT2D eigenvalue weighted by molar-refractivity contribution is 7.15. The van der Waals surface area contributed by atoms with E-state index in [0.717, 1.165) is 27.7 Å². The number of imidazole rings is 1. The molecule has 5 rings (SSSR count). The molecule has 0 radical (unpaired) electrons. The molecule has 5 aromatic rings. The number of furan rings is 1. The summed E-state index contributed by atoms with van der Waals surface area (Å²) in [6.07, 6.45) is 1.74. The first kappa shape index (κ1) is 18.4. The molecule has 0 bridgehead atoms. The van der Waals surface area contributed by atoms with Crippen LogP contribution in [-0.2, 0) is 0 Å². The highest BCUT2D eigenvalue weighted by Gasteiger charge is 2.14. The number of thiazole rings is 1. The lowest BCUT2D eigenvalue weighted by Gasteiger charge is -1.99. The summed E-state index contributed by atoms with van der Waals surface area (Å²) < 4.78 is 8.14. The molecular weight excluding hydrogens is 427 g/mol. The standard InChI is InChI=1S/C22H14Cl2N2O2S/c1-11-5-12(2)20-17(6-11)26-21(27)19(29-22(26)25-20)10-16-3-4-18(28-16)13-7-14(23)9-15(24)8-13/h3-10H,1-2H3/b19-10-. The zero-order chi connectivity index (χ0) is 20.3. The van der Waals surface area contributed by atoms with Gasteiger partial charge in [-0.15, -0.1) is 0 Å². The van der Waals surface area contributed by atoms with Crippen LogP contribution in [0.4, 0.5) is 0 Å². The van der Waals surface area contributed by atoms with E-state index in [1.165, 1.54) is 11.3 Å². The summed E-state index contributed by atoms with van der Waals surface area (Å²) in [4.78, 5) is 18.4. The summed E-state index contributed by atoms with van der Waals surface area (Å²) in [6.45, 7) is 4.03. The third-order valence-electron chi connectivity index (χ3n) is 4.73. The highest BCUT2D eigenvalue weighted by atomic mass is 35.5. The van der Waals surface area contributed by atoms with Gasteiger partial charge < -0.3 is 4.42 Å². The minimum atomic E-state index is -0.0961. The van der Waals surface area contributed by atoms with Crippen LogP contribution >= 0.6 is 34.5 Å². The number of nitrogens with zero attached hydrogens (tertiary/aromatic N) is 2. The van der Waals surface area contributed by atoms with Crippen LogP contribution < -0.4 is 10.1 Å². The molecule has 0 amide bonds. The number of aromatic nitrogens is 2. The molecule has 144 valence electrons. The maximum Gasteiger partial charge on any atom is 0.275 e. The van der Waals surface area contributed by atoms with Gasteiger partial charge in [-0.2, -0.15) is 0 Å². The summed E-state index contributed by atoms with van der Waals surface area (Å²) in [5.41, 5.74) is 4.56. The average Bonchev–Trinajstić information content (AvgIpc) is 3.31. The van der Waals surface area contributed by atoms with Gasteiger partial charge in [0, 0.05) is 21.7 Å². The Bertz CT molecular complexity index is 1510. The molecule has 0 spiro atoms. The van der Waals surface area contributed by atoms with Gasteiger partial charge in [0.25, 0.3) is 5.56 Å². The van der Waals surface area contributed by atoms with Gasteiger partial charge in [0.15, 0.2) is 4.96 Å². The Morgan fingerprint density at radius 1 is 1.07 bits per heavy atom. The van der Waals surface area contributed by atoms with Crippen LogP contribution in [0.5, 0.6) is 0 Å². The summed E-state index contributed by atoms with van der Waals surface area (Å²) in [5.74, 6) is 1.21. The summed E-state index contributed by atoms with van der Waals surface area (Å²) >= 11 is 13.5. The average molecular weight is 441 g/mol. The predicted molar refractivity (Wildman–Crippen MR) is 119 cm³/mol. The fourth-order valence-electron chi connectivity index (χ4n) is 3.52. The Kier molecular flexibility index (Phi) is 4.28. The SMILES string of the molecule is Cc1cc(C)c2nc3s/c(=C\c4ccc(-c5cc(Cl)cc(Cl)c5)o4)c(=O)n3c2c1. The number of benzene rings is 2. The Balaban J connectivity index is 1.64. The van der Waals surface area contributed by atoms with Crippen LogP contribution in [0.25, 0.3) is 33.4 Å². The van der Waals surface area contributed by atoms with Crippen molar-refractivity contribution in [1.29, 1.82) is 0 Å². The van der Waals surface area contributed by atoms with Crippen molar-refractivity contribution < 1.29 is 4.42 Å². The maximum absolute atomic E-state index is 13.0. The molecule has 0 saturated carbocycles. The van der Waals surface area contributed by atoms with Gasteiger partial charge in [-0.1, -0.05) is 40.6 Å². The molecule has 29 heavy (non-hydrogen) atoms. The van der Waals surface area contributed by atoms with E-state index in [9.17, 15) is 4.79 Å². The van der Waals surface area contributed by atoms with Crippen LogP contribution in [-0.4, -0.2) is 9.38 Å². The second-order valence-corrected chi connectivity index (χ2v) is 8.84. The Morgan fingerprint density at radius 3 is 2.59 bits per heavy atom. The normalized spacial score (nSPS) is 12.5. The molecule has 0 atom stereocenters.